The first-order valence-electron chi connectivity index (χ1n) is 6.10. The molecule has 5 nitrogen and oxygen atoms in total. The van der Waals surface area contributed by atoms with Gasteiger partial charge in [-0.15, -0.1) is 0 Å². The summed E-state index contributed by atoms with van der Waals surface area (Å²) in [4.78, 5) is 10.7. The number of hydrogen-bond donors (Lipinski definition) is 2. The predicted octanol–water partition coefficient (Wildman–Crippen LogP) is 3.12. The van der Waals surface area contributed by atoms with Crippen LogP contribution < -0.4 is 10.5 Å². The fraction of sp³-hybridized carbons (Fsp3) is 0.214. The Morgan fingerprint density at radius 2 is 2.00 bits per heavy atom. The normalized spacial score (nSPS) is 12.1. The van der Waals surface area contributed by atoms with E-state index in [1.165, 1.54) is 0 Å². The Morgan fingerprint density at radius 1 is 1.29 bits per heavy atom. The van der Waals surface area contributed by atoms with Crippen molar-refractivity contribution in [2.24, 2.45) is 5.73 Å². The highest BCUT2D eigenvalue weighted by molar-refractivity contribution is 6.42. The molecular weight excluding hydrogens is 317 g/mol. The Morgan fingerprint density at radius 3 is 2.71 bits per heavy atom. The first kappa shape index (κ1) is 15.7. The molecule has 1 aromatic heterocycles. The standard InChI is InChI=1S/C14H13Cl2NO4/c15-10-2-1-3-12(13(10)16)20-7-9-5-4-8(21-9)6-11(17)14(18)19/h1-5,11H,6-7,17H2,(H,18,19). The number of nitrogens with two attached hydrogens (primary N) is 1. The quantitative estimate of drug-likeness (QED) is 0.850. The van der Waals surface area contributed by atoms with Gasteiger partial charge in [-0.2, -0.15) is 0 Å². The third-order valence-corrected chi connectivity index (χ3v) is 3.54. The summed E-state index contributed by atoms with van der Waals surface area (Å²) in [7, 11) is 0. The molecular formula is C14H13Cl2NO4. The van der Waals surface area contributed by atoms with Crippen LogP contribution in [0.2, 0.25) is 10.0 Å². The van der Waals surface area contributed by atoms with Crippen LogP contribution in [0.5, 0.6) is 5.75 Å². The zero-order chi connectivity index (χ0) is 15.4. The Kier molecular flexibility index (Phi) is 5.12. The molecule has 0 amide bonds. The molecule has 1 unspecified atom stereocenters. The lowest BCUT2D eigenvalue weighted by atomic mass is 10.2. The van der Waals surface area contributed by atoms with Gasteiger partial charge in [0.15, 0.2) is 0 Å². The van der Waals surface area contributed by atoms with Crippen molar-refractivity contribution in [1.82, 2.24) is 0 Å². The minimum atomic E-state index is -1.07. The van der Waals surface area contributed by atoms with E-state index >= 15 is 0 Å². The summed E-state index contributed by atoms with van der Waals surface area (Å²) in [5.41, 5.74) is 5.44. The Hall–Kier alpha value is -1.69. The highest BCUT2D eigenvalue weighted by Crippen LogP contribution is 2.32. The first-order valence-corrected chi connectivity index (χ1v) is 6.85. The maximum absolute atomic E-state index is 10.7. The van der Waals surface area contributed by atoms with E-state index in [-0.39, 0.29) is 13.0 Å². The van der Waals surface area contributed by atoms with Crippen molar-refractivity contribution in [2.75, 3.05) is 0 Å². The fourth-order valence-corrected chi connectivity index (χ4v) is 2.00. The molecule has 21 heavy (non-hydrogen) atoms. The van der Waals surface area contributed by atoms with Crippen LogP contribution in [0.15, 0.2) is 34.7 Å². The molecule has 2 rings (SSSR count). The summed E-state index contributed by atoms with van der Waals surface area (Å²) in [6, 6.07) is 7.45. The molecule has 1 atom stereocenters. The van der Waals surface area contributed by atoms with Gasteiger partial charge in [-0.25, -0.2) is 0 Å². The number of carboxylic acids is 1. The zero-order valence-corrected chi connectivity index (χ0v) is 12.4. The Labute approximate surface area is 131 Å². The van der Waals surface area contributed by atoms with Crippen molar-refractivity contribution in [2.45, 2.75) is 19.1 Å². The number of carboxylic acid groups (broad SMARTS) is 1. The van der Waals surface area contributed by atoms with Gasteiger partial charge >= 0.3 is 5.97 Å². The van der Waals surface area contributed by atoms with E-state index in [4.69, 9.17) is 43.2 Å². The summed E-state index contributed by atoms with van der Waals surface area (Å²) >= 11 is 11.9. The van der Waals surface area contributed by atoms with Gasteiger partial charge in [-0.05, 0) is 24.3 Å². The second kappa shape index (κ2) is 6.85. The number of halogens is 2. The second-order valence-electron chi connectivity index (χ2n) is 4.36. The molecule has 0 bridgehead atoms. The van der Waals surface area contributed by atoms with Crippen molar-refractivity contribution >= 4 is 29.2 Å². The van der Waals surface area contributed by atoms with Gasteiger partial charge in [-0.3, -0.25) is 4.79 Å². The van der Waals surface area contributed by atoms with E-state index in [1.54, 1.807) is 30.3 Å². The average Bonchev–Trinajstić information content (AvgIpc) is 2.88. The fourth-order valence-electron chi connectivity index (χ4n) is 1.66. The summed E-state index contributed by atoms with van der Waals surface area (Å²) in [6.07, 6.45) is 0.118. The molecule has 0 radical (unpaired) electrons. The maximum Gasteiger partial charge on any atom is 0.320 e. The van der Waals surface area contributed by atoms with Gasteiger partial charge < -0.3 is 20.0 Å². The topological polar surface area (TPSA) is 85.7 Å². The van der Waals surface area contributed by atoms with E-state index < -0.39 is 12.0 Å². The molecule has 0 saturated heterocycles. The largest absolute Gasteiger partial charge is 0.484 e. The van der Waals surface area contributed by atoms with Crippen LogP contribution in [-0.4, -0.2) is 17.1 Å². The summed E-state index contributed by atoms with van der Waals surface area (Å²) in [5.74, 6) is 0.401. The molecule has 0 saturated carbocycles. The summed E-state index contributed by atoms with van der Waals surface area (Å²) < 4.78 is 11.0. The minimum absolute atomic E-state index is 0.118. The van der Waals surface area contributed by atoms with Gasteiger partial charge in [-0.1, -0.05) is 29.3 Å². The number of carbonyl (C=O) groups is 1. The summed E-state index contributed by atoms with van der Waals surface area (Å²) in [5, 5.41) is 9.48. The molecule has 0 aliphatic carbocycles. The van der Waals surface area contributed by atoms with Crippen LogP contribution in [0.1, 0.15) is 11.5 Å². The maximum atomic E-state index is 10.7. The average molecular weight is 330 g/mol. The number of aliphatic carboxylic acids is 1. The highest BCUT2D eigenvalue weighted by Gasteiger charge is 2.15. The zero-order valence-electron chi connectivity index (χ0n) is 10.9. The molecule has 0 aliphatic rings. The van der Waals surface area contributed by atoms with E-state index in [0.29, 0.717) is 27.3 Å². The minimum Gasteiger partial charge on any atom is -0.484 e. The number of hydrogen-bond acceptors (Lipinski definition) is 4. The van der Waals surface area contributed by atoms with Crippen molar-refractivity contribution in [3.05, 3.63) is 51.9 Å². The van der Waals surface area contributed by atoms with E-state index in [2.05, 4.69) is 0 Å². The van der Waals surface area contributed by atoms with Crippen LogP contribution in [0.3, 0.4) is 0 Å². The first-order chi connectivity index (χ1) is 9.97. The van der Waals surface area contributed by atoms with Crippen LogP contribution >= 0.6 is 23.2 Å². The molecule has 112 valence electrons. The third-order valence-electron chi connectivity index (χ3n) is 2.74. The molecule has 0 spiro atoms. The molecule has 0 aliphatic heterocycles. The van der Waals surface area contributed by atoms with Crippen LogP contribution in [0, 0.1) is 0 Å². The van der Waals surface area contributed by atoms with Crippen LogP contribution in [-0.2, 0) is 17.8 Å². The smallest absolute Gasteiger partial charge is 0.320 e. The van der Waals surface area contributed by atoms with Gasteiger partial charge in [0.05, 0.1) is 5.02 Å². The Bertz CT molecular complexity index is 642. The molecule has 3 N–H and O–H groups in total. The lowest BCUT2D eigenvalue weighted by Crippen LogP contribution is -2.32. The van der Waals surface area contributed by atoms with Gasteiger partial charge in [0, 0.05) is 6.42 Å². The number of rotatable bonds is 6. The van der Waals surface area contributed by atoms with Crippen molar-refractivity contribution < 1.29 is 19.1 Å². The SMILES string of the molecule is NC(Cc1ccc(COc2cccc(Cl)c2Cl)o1)C(=O)O. The predicted molar refractivity (Wildman–Crippen MR) is 78.8 cm³/mol. The number of furan rings is 1. The van der Waals surface area contributed by atoms with Crippen LogP contribution in [0.4, 0.5) is 0 Å². The molecule has 1 aromatic carbocycles. The number of benzene rings is 1. The van der Waals surface area contributed by atoms with E-state index in [9.17, 15) is 4.79 Å². The van der Waals surface area contributed by atoms with Crippen molar-refractivity contribution in [1.29, 1.82) is 0 Å². The molecule has 0 fully saturated rings. The van der Waals surface area contributed by atoms with Gasteiger partial charge in [0.25, 0.3) is 0 Å². The lowest BCUT2D eigenvalue weighted by molar-refractivity contribution is -0.138. The molecule has 7 heteroatoms. The molecule has 2 aromatic rings. The Balaban J connectivity index is 1.97. The third kappa shape index (κ3) is 4.14. The van der Waals surface area contributed by atoms with Crippen LogP contribution in [0.25, 0.3) is 0 Å². The summed E-state index contributed by atoms with van der Waals surface area (Å²) in [6.45, 7) is 0.155. The van der Waals surface area contributed by atoms with Gasteiger partial charge in [0.1, 0.15) is 34.9 Å². The van der Waals surface area contributed by atoms with Crippen molar-refractivity contribution in [3.63, 3.8) is 0 Å². The van der Waals surface area contributed by atoms with Crippen molar-refractivity contribution in [3.8, 4) is 5.75 Å². The second-order valence-corrected chi connectivity index (χ2v) is 5.14. The molecule has 1 heterocycles. The van der Waals surface area contributed by atoms with Gasteiger partial charge in [0.2, 0.25) is 0 Å². The highest BCUT2D eigenvalue weighted by atomic mass is 35.5. The lowest BCUT2D eigenvalue weighted by Gasteiger charge is -2.07. The van der Waals surface area contributed by atoms with E-state index in [1.807, 2.05) is 0 Å². The van der Waals surface area contributed by atoms with E-state index in [0.717, 1.165) is 0 Å². The monoisotopic (exact) mass is 329 g/mol. The number of ether oxygens (including phenoxy) is 1.